The Morgan fingerprint density at radius 1 is 1.06 bits per heavy atom. The number of nitrogens with one attached hydrogen (secondary N) is 1. The third-order valence-corrected chi connectivity index (χ3v) is 6.24. The zero-order valence-corrected chi connectivity index (χ0v) is 18.9. The van der Waals surface area contributed by atoms with Crippen LogP contribution >= 0.6 is 0 Å². The number of hydrogen-bond acceptors (Lipinski definition) is 9. The van der Waals surface area contributed by atoms with Gasteiger partial charge in [0.05, 0.1) is 32.0 Å². The molecule has 34 heavy (non-hydrogen) atoms. The Hall–Kier alpha value is -3.70. The van der Waals surface area contributed by atoms with Crippen LogP contribution in [0.25, 0.3) is 28.2 Å². The number of aliphatic hydroxyl groups excluding tert-OH is 1. The molecule has 0 radical (unpaired) electrons. The maximum absolute atomic E-state index is 9.98. The summed E-state index contributed by atoms with van der Waals surface area (Å²) in [5.41, 5.74) is 3.17. The van der Waals surface area contributed by atoms with Crippen LogP contribution in [0.3, 0.4) is 0 Å². The molecule has 11 nitrogen and oxygen atoms in total. The zero-order chi connectivity index (χ0) is 23.1. The molecule has 1 atom stereocenters. The topological polar surface area (TPSA) is 117 Å². The third kappa shape index (κ3) is 3.72. The number of β-amino-alcohol motifs (C(OH)–C–C–N with tert-alkyl or cyclic N) is 1. The number of nitrogens with zero attached hydrogens (tertiary/aromatic N) is 7. The standard InChI is InChI=1S/C23H26N8O3/c1-33-21-17(15-5-3-2-4-6-15)14-31(28-21)23-26-19-18(20(27-23)29-9-11-34-12-10-29)24-22(25-19)30-8-7-16(32)13-30/h2-6,14,16,32H,7-13H2,1H3,(H,24,25,26,27)/t16-/m0/s1. The second-order valence-corrected chi connectivity index (χ2v) is 8.46. The summed E-state index contributed by atoms with van der Waals surface area (Å²) in [6.45, 7) is 4.00. The maximum Gasteiger partial charge on any atom is 0.254 e. The fourth-order valence-electron chi connectivity index (χ4n) is 4.48. The van der Waals surface area contributed by atoms with Crippen molar-refractivity contribution in [1.29, 1.82) is 0 Å². The minimum absolute atomic E-state index is 0.346. The number of hydrogen-bond donors (Lipinski definition) is 2. The molecule has 3 aromatic heterocycles. The van der Waals surface area contributed by atoms with Crippen molar-refractivity contribution in [3.8, 4) is 23.0 Å². The van der Waals surface area contributed by atoms with E-state index >= 15 is 0 Å². The minimum Gasteiger partial charge on any atom is -0.479 e. The van der Waals surface area contributed by atoms with Gasteiger partial charge in [-0.25, -0.2) is 4.68 Å². The highest BCUT2D eigenvalue weighted by Crippen LogP contribution is 2.31. The number of aliphatic hydroxyl groups is 1. The minimum atomic E-state index is -0.346. The normalized spacial score (nSPS) is 18.7. The van der Waals surface area contributed by atoms with Crippen molar-refractivity contribution in [3.63, 3.8) is 0 Å². The lowest BCUT2D eigenvalue weighted by molar-refractivity contribution is 0.122. The summed E-state index contributed by atoms with van der Waals surface area (Å²) in [5, 5.41) is 14.6. The average Bonchev–Trinajstić information content (AvgIpc) is 3.62. The Balaban J connectivity index is 1.47. The van der Waals surface area contributed by atoms with Gasteiger partial charge in [0.2, 0.25) is 11.8 Å². The van der Waals surface area contributed by atoms with E-state index in [1.165, 1.54) is 0 Å². The number of aromatic amines is 1. The van der Waals surface area contributed by atoms with Crippen LogP contribution in [0.5, 0.6) is 5.88 Å². The van der Waals surface area contributed by atoms with Crippen molar-refractivity contribution in [1.82, 2.24) is 29.7 Å². The van der Waals surface area contributed by atoms with Crippen molar-refractivity contribution in [2.75, 3.05) is 56.3 Å². The van der Waals surface area contributed by atoms with Gasteiger partial charge in [0, 0.05) is 32.4 Å². The monoisotopic (exact) mass is 462 g/mol. The van der Waals surface area contributed by atoms with Crippen LogP contribution in [0.15, 0.2) is 36.5 Å². The van der Waals surface area contributed by atoms with Gasteiger partial charge in [-0.2, -0.15) is 15.0 Å². The lowest BCUT2D eigenvalue weighted by Crippen LogP contribution is -2.37. The second-order valence-electron chi connectivity index (χ2n) is 8.46. The Labute approximate surface area is 196 Å². The Kier molecular flexibility index (Phi) is 5.27. The number of fused-ring (bicyclic) bond motifs is 1. The number of imidazole rings is 1. The van der Waals surface area contributed by atoms with Gasteiger partial charge in [-0.05, 0) is 12.0 Å². The van der Waals surface area contributed by atoms with E-state index in [1.807, 2.05) is 41.4 Å². The first kappa shape index (κ1) is 20.9. The summed E-state index contributed by atoms with van der Waals surface area (Å²) in [6, 6.07) is 9.95. The molecule has 0 aliphatic carbocycles. The van der Waals surface area contributed by atoms with Gasteiger partial charge in [0.25, 0.3) is 5.95 Å². The van der Waals surface area contributed by atoms with Crippen molar-refractivity contribution >= 4 is 22.9 Å². The fourth-order valence-corrected chi connectivity index (χ4v) is 4.48. The van der Waals surface area contributed by atoms with E-state index in [-0.39, 0.29) is 6.10 Å². The van der Waals surface area contributed by atoms with Crippen LogP contribution < -0.4 is 14.5 Å². The fraction of sp³-hybridized carbons (Fsp3) is 0.391. The van der Waals surface area contributed by atoms with E-state index in [0.29, 0.717) is 43.2 Å². The highest BCUT2D eigenvalue weighted by atomic mass is 16.5. The van der Waals surface area contributed by atoms with Crippen molar-refractivity contribution < 1.29 is 14.6 Å². The Bertz CT molecular complexity index is 1300. The number of anilines is 2. The molecule has 4 aromatic rings. The quantitative estimate of drug-likeness (QED) is 0.456. The summed E-state index contributed by atoms with van der Waals surface area (Å²) in [7, 11) is 1.60. The Morgan fingerprint density at radius 2 is 1.88 bits per heavy atom. The predicted octanol–water partition coefficient (Wildman–Crippen LogP) is 1.62. The van der Waals surface area contributed by atoms with Gasteiger partial charge in [0.15, 0.2) is 11.5 Å². The average molecular weight is 463 g/mol. The van der Waals surface area contributed by atoms with Gasteiger partial charge in [0.1, 0.15) is 5.52 Å². The molecule has 11 heteroatoms. The number of benzene rings is 1. The smallest absolute Gasteiger partial charge is 0.254 e. The van der Waals surface area contributed by atoms with E-state index in [9.17, 15) is 5.11 Å². The first-order chi connectivity index (χ1) is 16.7. The van der Waals surface area contributed by atoms with Gasteiger partial charge in [-0.15, -0.1) is 5.10 Å². The predicted molar refractivity (Wildman–Crippen MR) is 127 cm³/mol. The molecule has 176 valence electrons. The SMILES string of the molecule is COc1nn(-c2nc(N3CCOCC3)c3[nH]c(N4CC[C@H](O)C4)nc3n2)cc1-c1ccccc1. The van der Waals surface area contributed by atoms with Crippen LogP contribution in [0.4, 0.5) is 11.8 Å². The van der Waals surface area contributed by atoms with E-state index < -0.39 is 0 Å². The van der Waals surface area contributed by atoms with Gasteiger partial charge in [-0.3, -0.25) is 0 Å². The number of H-pyrrole nitrogens is 1. The molecular formula is C23H26N8O3. The molecule has 1 aromatic carbocycles. The number of ether oxygens (including phenoxy) is 2. The largest absolute Gasteiger partial charge is 0.479 e. The number of aromatic nitrogens is 6. The van der Waals surface area contributed by atoms with Crippen LogP contribution in [-0.2, 0) is 4.74 Å². The van der Waals surface area contributed by atoms with Crippen LogP contribution in [0.1, 0.15) is 6.42 Å². The van der Waals surface area contributed by atoms with Crippen molar-refractivity contribution in [2.45, 2.75) is 12.5 Å². The molecule has 2 aliphatic heterocycles. The summed E-state index contributed by atoms with van der Waals surface area (Å²) < 4.78 is 12.7. The van der Waals surface area contributed by atoms with Crippen LogP contribution in [-0.4, -0.2) is 87.4 Å². The molecule has 0 saturated carbocycles. The number of morpholine rings is 1. The van der Waals surface area contributed by atoms with Gasteiger partial charge < -0.3 is 29.4 Å². The van der Waals surface area contributed by atoms with Crippen molar-refractivity contribution in [2.24, 2.45) is 0 Å². The molecule has 0 spiro atoms. The van der Waals surface area contributed by atoms with Crippen molar-refractivity contribution in [3.05, 3.63) is 36.5 Å². The number of rotatable bonds is 5. The molecule has 2 fully saturated rings. The molecule has 2 N–H and O–H groups in total. The lowest BCUT2D eigenvalue weighted by Gasteiger charge is -2.28. The highest BCUT2D eigenvalue weighted by Gasteiger charge is 2.26. The molecule has 6 rings (SSSR count). The maximum atomic E-state index is 9.98. The molecule has 0 unspecified atom stereocenters. The van der Waals surface area contributed by atoms with E-state index in [0.717, 1.165) is 48.5 Å². The second kappa shape index (κ2) is 8.58. The van der Waals surface area contributed by atoms with Gasteiger partial charge in [-0.1, -0.05) is 30.3 Å². The first-order valence-electron chi connectivity index (χ1n) is 11.4. The molecule has 0 bridgehead atoms. The highest BCUT2D eigenvalue weighted by molar-refractivity contribution is 5.86. The third-order valence-electron chi connectivity index (χ3n) is 6.24. The number of methoxy groups -OCH3 is 1. The molecular weight excluding hydrogens is 436 g/mol. The molecule has 0 amide bonds. The van der Waals surface area contributed by atoms with E-state index in [4.69, 9.17) is 24.4 Å². The summed E-state index contributed by atoms with van der Waals surface area (Å²) in [6.07, 6.45) is 2.25. The van der Waals surface area contributed by atoms with E-state index in [2.05, 4.69) is 15.0 Å². The zero-order valence-electron chi connectivity index (χ0n) is 18.9. The summed E-state index contributed by atoms with van der Waals surface area (Å²) in [5.74, 6) is 2.36. The van der Waals surface area contributed by atoms with E-state index in [1.54, 1.807) is 11.8 Å². The summed E-state index contributed by atoms with van der Waals surface area (Å²) >= 11 is 0. The van der Waals surface area contributed by atoms with Crippen LogP contribution in [0, 0.1) is 0 Å². The molecule has 2 saturated heterocycles. The first-order valence-corrected chi connectivity index (χ1v) is 11.4. The van der Waals surface area contributed by atoms with Crippen LogP contribution in [0.2, 0.25) is 0 Å². The molecule has 2 aliphatic rings. The van der Waals surface area contributed by atoms with Gasteiger partial charge >= 0.3 is 0 Å². The summed E-state index contributed by atoms with van der Waals surface area (Å²) in [4.78, 5) is 22.0. The molecule has 5 heterocycles. The lowest BCUT2D eigenvalue weighted by atomic mass is 10.1. The Morgan fingerprint density at radius 3 is 2.62 bits per heavy atom.